The number of H-pyrrole nitrogens is 1. The first-order valence-corrected chi connectivity index (χ1v) is 10.1. The number of imidazole rings is 1. The smallest absolute Gasteiger partial charge is 0.416 e. The molecule has 0 spiro atoms. The number of nitrogens with one attached hydrogen (secondary N) is 1. The number of benzene rings is 2. The topological polar surface area (TPSA) is 99.5 Å². The summed E-state index contributed by atoms with van der Waals surface area (Å²) in [6.45, 7) is 2.40. The zero-order valence-corrected chi connectivity index (χ0v) is 17.5. The van der Waals surface area contributed by atoms with Crippen LogP contribution in [0.15, 0.2) is 54.9 Å². The van der Waals surface area contributed by atoms with Crippen molar-refractivity contribution in [1.29, 1.82) is 0 Å². The third kappa shape index (κ3) is 4.83. The van der Waals surface area contributed by atoms with Gasteiger partial charge in [0.05, 0.1) is 29.6 Å². The monoisotopic (exact) mass is 463 g/mol. The van der Waals surface area contributed by atoms with Crippen molar-refractivity contribution in [2.45, 2.75) is 37.8 Å². The molecule has 11 heteroatoms. The van der Waals surface area contributed by atoms with Gasteiger partial charge in [0.2, 0.25) is 11.5 Å². The van der Waals surface area contributed by atoms with Crippen LogP contribution in [0.2, 0.25) is 0 Å². The fraction of sp³-hybridized carbons (Fsp3) is 0.318. The van der Waals surface area contributed by atoms with Crippen LogP contribution in [-0.2, 0) is 27.9 Å². The van der Waals surface area contributed by atoms with Crippen molar-refractivity contribution in [2.24, 2.45) is 0 Å². The average Bonchev–Trinajstić information content (AvgIpc) is 3.44. The summed E-state index contributed by atoms with van der Waals surface area (Å²) in [5.41, 5.74) is -1.22. The van der Waals surface area contributed by atoms with Crippen molar-refractivity contribution >= 4 is 5.69 Å². The van der Waals surface area contributed by atoms with Crippen molar-refractivity contribution in [3.63, 3.8) is 0 Å². The number of hydrogen-bond acceptors (Lipinski definition) is 6. The van der Waals surface area contributed by atoms with Crippen LogP contribution in [0.4, 0.5) is 18.9 Å². The lowest BCUT2D eigenvalue weighted by atomic mass is 10.0. The maximum absolute atomic E-state index is 12.9. The third-order valence-corrected chi connectivity index (χ3v) is 5.27. The highest BCUT2D eigenvalue weighted by Gasteiger charge is 2.43. The lowest BCUT2D eigenvalue weighted by molar-refractivity contribution is -0.385. The van der Waals surface area contributed by atoms with Gasteiger partial charge in [-0.05, 0) is 42.8 Å². The predicted molar refractivity (Wildman–Crippen MR) is 110 cm³/mol. The van der Waals surface area contributed by atoms with E-state index in [-0.39, 0.29) is 17.6 Å². The first-order valence-electron chi connectivity index (χ1n) is 10.1. The van der Waals surface area contributed by atoms with Crippen molar-refractivity contribution < 1.29 is 32.3 Å². The van der Waals surface area contributed by atoms with Gasteiger partial charge in [0.25, 0.3) is 0 Å². The largest absolute Gasteiger partial charge is 0.450 e. The molecule has 4 rings (SSSR count). The minimum atomic E-state index is -4.70. The highest BCUT2D eigenvalue weighted by atomic mass is 19.4. The highest BCUT2D eigenvalue weighted by Crippen LogP contribution is 2.40. The molecule has 2 aromatic carbocycles. The fourth-order valence-corrected chi connectivity index (χ4v) is 3.55. The van der Waals surface area contributed by atoms with Gasteiger partial charge in [-0.15, -0.1) is 0 Å². The Labute approximate surface area is 186 Å². The number of ether oxygens (including phenoxy) is 3. The second-order valence-electron chi connectivity index (χ2n) is 7.49. The van der Waals surface area contributed by atoms with Crippen molar-refractivity contribution in [3.8, 4) is 11.5 Å². The molecular formula is C22H20F3N3O5. The van der Waals surface area contributed by atoms with Gasteiger partial charge in [0, 0.05) is 24.0 Å². The van der Waals surface area contributed by atoms with Gasteiger partial charge in [-0.2, -0.15) is 13.2 Å². The van der Waals surface area contributed by atoms with Gasteiger partial charge in [-0.3, -0.25) is 10.1 Å². The van der Waals surface area contributed by atoms with Gasteiger partial charge in [-0.25, -0.2) is 4.98 Å². The molecule has 0 aliphatic carbocycles. The van der Waals surface area contributed by atoms with Crippen LogP contribution in [0, 0.1) is 10.1 Å². The maximum Gasteiger partial charge on any atom is 0.416 e. The summed E-state index contributed by atoms with van der Waals surface area (Å²) in [6.07, 6.45) is -0.373. The minimum Gasteiger partial charge on any atom is -0.450 e. The molecule has 0 amide bonds. The Balaban J connectivity index is 1.59. The lowest BCUT2D eigenvalue weighted by Crippen LogP contribution is -2.31. The van der Waals surface area contributed by atoms with Gasteiger partial charge in [0.15, 0.2) is 0 Å². The number of nitro groups is 1. The van der Waals surface area contributed by atoms with Crippen molar-refractivity contribution in [1.82, 2.24) is 9.97 Å². The van der Waals surface area contributed by atoms with Gasteiger partial charge in [0.1, 0.15) is 11.6 Å². The molecule has 3 aromatic rings. The standard InChI is InChI=1S/C22H20F3N3O5/c1-2-16-13-31-21(33-16,12-20-26-9-10-27-20)14-3-6-17(7-4-14)32-19-8-5-15(22(23,24)25)11-18(19)28(29)30/h3-11,16H,2,12-13H2,1H3,(H,26,27). The molecule has 1 fully saturated rings. The zero-order chi connectivity index (χ0) is 23.6. The first-order chi connectivity index (χ1) is 15.7. The Bertz CT molecular complexity index is 1120. The van der Waals surface area contributed by atoms with Gasteiger partial charge in [-0.1, -0.05) is 6.92 Å². The molecule has 1 aliphatic rings. The SMILES string of the molecule is CCC1COC(Cc2ncc[nH]2)(c2ccc(Oc3ccc(C(F)(F)F)cc3[N+](=O)[O-])cc2)O1. The summed E-state index contributed by atoms with van der Waals surface area (Å²) in [4.78, 5) is 17.6. The van der Waals surface area contributed by atoms with E-state index in [2.05, 4.69) is 9.97 Å². The number of aromatic nitrogens is 2. The summed E-state index contributed by atoms with van der Waals surface area (Å²) in [5, 5.41) is 11.3. The van der Waals surface area contributed by atoms with Crippen LogP contribution in [0.25, 0.3) is 0 Å². The van der Waals surface area contributed by atoms with E-state index < -0.39 is 28.1 Å². The van der Waals surface area contributed by atoms with Gasteiger partial charge >= 0.3 is 11.9 Å². The van der Waals surface area contributed by atoms with E-state index in [1.54, 1.807) is 36.7 Å². The molecule has 0 radical (unpaired) electrons. The molecule has 1 N–H and O–H groups in total. The second kappa shape index (κ2) is 8.83. The Morgan fingerprint density at radius 2 is 2.03 bits per heavy atom. The lowest BCUT2D eigenvalue weighted by Gasteiger charge is -2.28. The van der Waals surface area contributed by atoms with E-state index in [1.165, 1.54) is 0 Å². The second-order valence-corrected chi connectivity index (χ2v) is 7.49. The summed E-state index contributed by atoms with van der Waals surface area (Å²) in [5.74, 6) is -0.491. The minimum absolute atomic E-state index is 0.0920. The summed E-state index contributed by atoms with van der Waals surface area (Å²) < 4.78 is 56.5. The number of nitro benzene ring substituents is 1. The van der Waals surface area contributed by atoms with Crippen LogP contribution >= 0.6 is 0 Å². The van der Waals surface area contributed by atoms with E-state index in [9.17, 15) is 23.3 Å². The molecule has 0 bridgehead atoms. The molecule has 1 saturated heterocycles. The molecule has 2 unspecified atom stereocenters. The van der Waals surface area contributed by atoms with Crippen LogP contribution in [0.3, 0.4) is 0 Å². The fourth-order valence-electron chi connectivity index (χ4n) is 3.55. The van der Waals surface area contributed by atoms with Crippen LogP contribution in [0.5, 0.6) is 11.5 Å². The molecule has 2 atom stereocenters. The molecular weight excluding hydrogens is 443 g/mol. The molecule has 2 heterocycles. The molecule has 0 saturated carbocycles. The number of halogens is 3. The molecule has 1 aromatic heterocycles. The van der Waals surface area contributed by atoms with Crippen molar-refractivity contribution in [3.05, 3.63) is 81.9 Å². The van der Waals surface area contributed by atoms with E-state index >= 15 is 0 Å². The Morgan fingerprint density at radius 3 is 2.61 bits per heavy atom. The normalized spacial score (nSPS) is 20.7. The van der Waals surface area contributed by atoms with E-state index in [0.717, 1.165) is 18.6 Å². The van der Waals surface area contributed by atoms with Crippen LogP contribution < -0.4 is 4.74 Å². The van der Waals surface area contributed by atoms with Crippen LogP contribution in [-0.4, -0.2) is 27.6 Å². The van der Waals surface area contributed by atoms with Crippen molar-refractivity contribution in [2.75, 3.05) is 6.61 Å². The molecule has 8 nitrogen and oxygen atoms in total. The Hall–Kier alpha value is -3.44. The zero-order valence-electron chi connectivity index (χ0n) is 17.5. The number of alkyl halides is 3. The predicted octanol–water partition coefficient (Wildman–Crippen LogP) is 5.35. The summed E-state index contributed by atoms with van der Waals surface area (Å²) in [6, 6.07) is 8.59. The quantitative estimate of drug-likeness (QED) is 0.375. The van der Waals surface area contributed by atoms with Crippen LogP contribution in [0.1, 0.15) is 30.3 Å². The van der Waals surface area contributed by atoms with E-state index in [0.29, 0.717) is 30.5 Å². The Morgan fingerprint density at radius 1 is 1.27 bits per heavy atom. The number of aromatic amines is 1. The average molecular weight is 463 g/mol. The maximum atomic E-state index is 12.9. The van der Waals surface area contributed by atoms with Gasteiger partial charge < -0.3 is 19.2 Å². The van der Waals surface area contributed by atoms with E-state index in [1.807, 2.05) is 6.92 Å². The first kappa shape index (κ1) is 22.7. The third-order valence-electron chi connectivity index (χ3n) is 5.27. The molecule has 174 valence electrons. The number of rotatable bonds is 7. The van der Waals surface area contributed by atoms with E-state index in [4.69, 9.17) is 14.2 Å². The Kier molecular flexibility index (Phi) is 6.09. The number of hydrogen-bond donors (Lipinski definition) is 1. The highest BCUT2D eigenvalue weighted by molar-refractivity contribution is 5.51. The molecule has 33 heavy (non-hydrogen) atoms. The molecule has 1 aliphatic heterocycles. The summed E-state index contributed by atoms with van der Waals surface area (Å²) >= 11 is 0. The number of nitrogens with zero attached hydrogens (tertiary/aromatic N) is 2. The summed E-state index contributed by atoms with van der Waals surface area (Å²) in [7, 11) is 0.